The molecule has 2 saturated heterocycles. The number of rotatable bonds is 13. The highest BCUT2D eigenvalue weighted by atomic mass is 19.1. The maximum atomic E-state index is 14.2. The van der Waals surface area contributed by atoms with Crippen LogP contribution in [0.3, 0.4) is 0 Å². The highest BCUT2D eigenvalue weighted by Crippen LogP contribution is 2.43. The summed E-state index contributed by atoms with van der Waals surface area (Å²) in [5, 5.41) is 16.2. The molecule has 3 fully saturated rings. The Morgan fingerprint density at radius 2 is 1.80 bits per heavy atom. The van der Waals surface area contributed by atoms with E-state index in [1.165, 1.54) is 39.0 Å². The number of carbonyl (C=O) groups is 6. The largest absolute Gasteiger partial charge is 0.481 e. The van der Waals surface area contributed by atoms with E-state index in [1.54, 1.807) is 6.92 Å². The van der Waals surface area contributed by atoms with Crippen LogP contribution in [0.4, 0.5) is 9.18 Å². The van der Waals surface area contributed by atoms with Gasteiger partial charge in [0.2, 0.25) is 17.7 Å². The smallest absolute Gasteiger partial charge is 0.409 e. The zero-order valence-electron chi connectivity index (χ0n) is 27.1. The quantitative estimate of drug-likeness (QED) is 0.272. The number of benzene rings is 1. The van der Waals surface area contributed by atoms with Gasteiger partial charge in [0.25, 0.3) is 11.8 Å². The summed E-state index contributed by atoms with van der Waals surface area (Å²) in [6, 6.07) is 4.94. The standard InChI is InChI=1S/C32H40FN7O9/c1-2-48-31(47)38-13-11-37(12-14-38)29(45)24(17-27(42)43)35-28(44)23-16-26(40(36-23)22-6-3-5-21(33)15-22)49-19-25(41)39-10-4-9-32(39,30(34)46)18-20-7-8-20/h3,5-6,15-16,20,24H,2,4,7-14,17-19H2,1H3,(H2,34,46)(H,35,44)(H,42,43)/t24-,32-/m0/s1. The van der Waals surface area contributed by atoms with Gasteiger partial charge in [0.1, 0.15) is 17.4 Å². The Bertz CT molecular complexity index is 1600. The Morgan fingerprint density at radius 3 is 2.43 bits per heavy atom. The minimum Gasteiger partial charge on any atom is -0.481 e. The molecule has 4 N–H and O–H groups in total. The first kappa shape index (κ1) is 35.1. The third kappa shape index (κ3) is 8.09. The summed E-state index contributed by atoms with van der Waals surface area (Å²) in [6.07, 6.45) is 2.22. The van der Waals surface area contributed by atoms with Gasteiger partial charge in [0, 0.05) is 38.8 Å². The minimum atomic E-state index is -1.48. The molecule has 2 aromatic rings. The Kier molecular flexibility index (Phi) is 10.7. The third-order valence-electron chi connectivity index (χ3n) is 8.98. The molecule has 1 aliphatic carbocycles. The number of carbonyl (C=O) groups excluding carboxylic acids is 5. The topological polar surface area (TPSA) is 207 Å². The first-order valence-electron chi connectivity index (χ1n) is 16.2. The third-order valence-corrected chi connectivity index (χ3v) is 8.98. The zero-order chi connectivity index (χ0) is 35.3. The van der Waals surface area contributed by atoms with Crippen molar-refractivity contribution in [3.63, 3.8) is 0 Å². The van der Waals surface area contributed by atoms with E-state index in [9.17, 15) is 38.3 Å². The average Bonchev–Trinajstić information content (AvgIpc) is 3.60. The van der Waals surface area contributed by atoms with Crippen molar-refractivity contribution >= 4 is 35.7 Å². The van der Waals surface area contributed by atoms with E-state index in [0.717, 1.165) is 23.6 Å². The van der Waals surface area contributed by atoms with Crippen molar-refractivity contribution in [3.8, 4) is 11.6 Å². The fourth-order valence-corrected chi connectivity index (χ4v) is 6.35. The van der Waals surface area contributed by atoms with E-state index in [0.29, 0.717) is 31.7 Å². The van der Waals surface area contributed by atoms with Crippen LogP contribution in [0.25, 0.3) is 5.69 Å². The monoisotopic (exact) mass is 685 g/mol. The lowest BCUT2D eigenvalue weighted by atomic mass is 9.88. The number of piperazine rings is 1. The number of hydrogen-bond donors (Lipinski definition) is 3. The second-order valence-corrected chi connectivity index (χ2v) is 12.4. The van der Waals surface area contributed by atoms with Crippen LogP contribution in [0.5, 0.6) is 5.88 Å². The van der Waals surface area contributed by atoms with Crippen molar-refractivity contribution in [1.82, 2.24) is 29.8 Å². The van der Waals surface area contributed by atoms with Crippen molar-refractivity contribution in [2.24, 2.45) is 11.7 Å². The van der Waals surface area contributed by atoms with E-state index in [-0.39, 0.29) is 50.0 Å². The van der Waals surface area contributed by atoms with Gasteiger partial charge in [-0.1, -0.05) is 18.9 Å². The van der Waals surface area contributed by atoms with Crippen LogP contribution in [0, 0.1) is 11.7 Å². The highest BCUT2D eigenvalue weighted by Gasteiger charge is 2.51. The normalized spacial score (nSPS) is 19.7. The van der Waals surface area contributed by atoms with Gasteiger partial charge in [0.05, 0.1) is 18.7 Å². The molecule has 16 nitrogen and oxygen atoms in total. The fraction of sp³-hybridized carbons (Fsp3) is 0.531. The van der Waals surface area contributed by atoms with Gasteiger partial charge in [-0.25, -0.2) is 13.9 Å². The average molecular weight is 686 g/mol. The van der Waals surface area contributed by atoms with Gasteiger partial charge in [-0.05, 0) is 50.3 Å². The second kappa shape index (κ2) is 14.9. The molecule has 0 radical (unpaired) electrons. The van der Waals surface area contributed by atoms with Crippen molar-refractivity contribution < 1.29 is 47.7 Å². The summed E-state index contributed by atoms with van der Waals surface area (Å²) in [4.78, 5) is 80.8. The highest BCUT2D eigenvalue weighted by molar-refractivity contribution is 5.97. The van der Waals surface area contributed by atoms with Crippen molar-refractivity contribution in [2.45, 2.75) is 57.0 Å². The van der Waals surface area contributed by atoms with E-state index < -0.39 is 66.1 Å². The van der Waals surface area contributed by atoms with Gasteiger partial charge < -0.3 is 40.3 Å². The molecular weight excluding hydrogens is 645 g/mol. The Morgan fingerprint density at radius 1 is 1.08 bits per heavy atom. The van der Waals surface area contributed by atoms with Crippen molar-refractivity contribution in [2.75, 3.05) is 45.9 Å². The summed E-state index contributed by atoms with van der Waals surface area (Å²) in [5.74, 6) is -4.40. The van der Waals surface area contributed by atoms with Crippen LogP contribution >= 0.6 is 0 Å². The van der Waals surface area contributed by atoms with Gasteiger partial charge in [0.15, 0.2) is 12.3 Å². The lowest BCUT2D eigenvalue weighted by Crippen LogP contribution is -2.57. The predicted molar refractivity (Wildman–Crippen MR) is 168 cm³/mol. The molecule has 0 unspecified atom stereocenters. The van der Waals surface area contributed by atoms with Crippen LogP contribution < -0.4 is 15.8 Å². The molecule has 3 heterocycles. The zero-order valence-corrected chi connectivity index (χ0v) is 27.1. The molecule has 3 aliphatic rings. The number of carboxylic acid groups (broad SMARTS) is 1. The molecule has 2 aliphatic heterocycles. The second-order valence-electron chi connectivity index (χ2n) is 12.4. The molecule has 49 heavy (non-hydrogen) atoms. The number of nitrogens with one attached hydrogen (secondary N) is 1. The Labute approximate surface area is 281 Å². The van der Waals surface area contributed by atoms with E-state index in [4.69, 9.17) is 15.2 Å². The van der Waals surface area contributed by atoms with Gasteiger partial charge in [-0.3, -0.25) is 24.0 Å². The van der Waals surface area contributed by atoms with Crippen LogP contribution in [0.1, 0.15) is 55.9 Å². The SMILES string of the molecule is CCOC(=O)N1CCN(C(=O)[C@H](CC(=O)O)NC(=O)c2cc(OCC(=O)N3CCC[C@]3(CC3CC3)C(N)=O)n(-c3cccc(F)c3)n2)CC1. The molecule has 0 bridgehead atoms. The number of ether oxygens (including phenoxy) is 2. The number of aliphatic carboxylic acids is 1. The molecule has 1 aromatic heterocycles. The summed E-state index contributed by atoms with van der Waals surface area (Å²) < 4.78 is 26.1. The number of nitrogens with zero attached hydrogens (tertiary/aromatic N) is 5. The number of likely N-dealkylation sites (tertiary alicyclic amines) is 1. The number of halogens is 1. The Hall–Kier alpha value is -5.22. The van der Waals surface area contributed by atoms with Crippen LogP contribution in [-0.2, 0) is 23.9 Å². The number of hydrogen-bond acceptors (Lipinski definition) is 9. The summed E-state index contributed by atoms with van der Waals surface area (Å²) in [6.45, 7) is 2.16. The number of amides is 5. The van der Waals surface area contributed by atoms with Crippen molar-refractivity contribution in [3.05, 3.63) is 41.8 Å². The van der Waals surface area contributed by atoms with Crippen LogP contribution in [-0.4, -0.2) is 123 Å². The van der Waals surface area contributed by atoms with Crippen LogP contribution in [0.15, 0.2) is 30.3 Å². The molecule has 1 saturated carbocycles. The number of carboxylic acids is 1. The molecule has 17 heteroatoms. The first-order chi connectivity index (χ1) is 23.4. The predicted octanol–water partition coefficient (Wildman–Crippen LogP) is 0.911. The number of primary amides is 1. The van der Waals surface area contributed by atoms with Crippen molar-refractivity contribution in [1.29, 1.82) is 0 Å². The maximum absolute atomic E-state index is 14.2. The van der Waals surface area contributed by atoms with Gasteiger partial charge in [-0.15, -0.1) is 0 Å². The molecular formula is C32H40FN7O9. The Balaban J connectivity index is 1.32. The molecule has 5 amide bonds. The van der Waals surface area contributed by atoms with E-state index in [1.807, 2.05) is 0 Å². The summed E-state index contributed by atoms with van der Waals surface area (Å²) in [7, 11) is 0. The lowest BCUT2D eigenvalue weighted by Gasteiger charge is -2.36. The molecule has 2 atom stereocenters. The van der Waals surface area contributed by atoms with Crippen LogP contribution in [0.2, 0.25) is 0 Å². The minimum absolute atomic E-state index is 0.0958. The van der Waals surface area contributed by atoms with Gasteiger partial charge >= 0.3 is 12.1 Å². The molecule has 264 valence electrons. The lowest BCUT2D eigenvalue weighted by molar-refractivity contribution is -0.145. The maximum Gasteiger partial charge on any atom is 0.409 e. The molecule has 1 aromatic carbocycles. The summed E-state index contributed by atoms with van der Waals surface area (Å²) >= 11 is 0. The molecule has 5 rings (SSSR count). The van der Waals surface area contributed by atoms with Gasteiger partial charge in [-0.2, -0.15) is 5.10 Å². The molecule has 0 spiro atoms. The van der Waals surface area contributed by atoms with E-state index >= 15 is 0 Å². The number of aromatic nitrogens is 2. The number of nitrogens with two attached hydrogens (primary N) is 1. The first-order valence-corrected chi connectivity index (χ1v) is 16.2. The summed E-state index contributed by atoms with van der Waals surface area (Å²) in [5.41, 5.74) is 4.56. The van der Waals surface area contributed by atoms with E-state index in [2.05, 4.69) is 10.4 Å². The fourth-order valence-electron chi connectivity index (χ4n) is 6.35.